The first-order chi connectivity index (χ1) is 9.44. The number of likely N-dealkylation sites (N-methyl/N-ethyl adjacent to an activating group) is 1. The molecule has 0 amide bonds. The van der Waals surface area contributed by atoms with E-state index >= 15 is 0 Å². The fourth-order valence-corrected chi connectivity index (χ4v) is 3.11. The lowest BCUT2D eigenvalue weighted by atomic mass is 10.1. The molecule has 1 atom stereocenters. The summed E-state index contributed by atoms with van der Waals surface area (Å²) in [5, 5.41) is 10.1. The number of hydrogen-bond acceptors (Lipinski definition) is 5. The topological polar surface area (TPSA) is 95.7 Å². The van der Waals surface area contributed by atoms with Gasteiger partial charge in [0.2, 0.25) is 10.0 Å². The maximum absolute atomic E-state index is 13.6. The summed E-state index contributed by atoms with van der Waals surface area (Å²) in [7, 11) is -0.414. The van der Waals surface area contributed by atoms with E-state index in [9.17, 15) is 17.9 Å². The lowest BCUT2D eigenvalue weighted by Crippen LogP contribution is -2.47. The molecule has 4 N–H and O–H groups in total. The van der Waals surface area contributed by atoms with Crippen LogP contribution in [0, 0.1) is 12.7 Å². The molecule has 1 aromatic carbocycles. The molecule has 0 aliphatic carbocycles. The molecule has 6 nitrogen and oxygen atoms in total. The fraction of sp³-hybridized carbons (Fsp3) is 0.538. The molecule has 0 radical (unpaired) electrons. The van der Waals surface area contributed by atoms with Crippen LogP contribution in [-0.4, -0.2) is 51.2 Å². The monoisotopic (exact) mass is 319 g/mol. The Morgan fingerprint density at radius 3 is 2.48 bits per heavy atom. The second kappa shape index (κ2) is 6.27. The second-order valence-electron chi connectivity index (χ2n) is 5.68. The Labute approximate surface area is 124 Å². The Morgan fingerprint density at radius 1 is 1.43 bits per heavy atom. The normalized spacial score (nSPS) is 15.2. The van der Waals surface area contributed by atoms with Crippen molar-refractivity contribution in [1.29, 1.82) is 0 Å². The van der Waals surface area contributed by atoms with Crippen LogP contribution in [0.4, 0.5) is 10.1 Å². The number of halogens is 1. The van der Waals surface area contributed by atoms with Gasteiger partial charge in [-0.1, -0.05) is 0 Å². The van der Waals surface area contributed by atoms with E-state index in [0.717, 1.165) is 6.07 Å². The quantitative estimate of drug-likeness (QED) is 0.656. The summed E-state index contributed by atoms with van der Waals surface area (Å²) < 4.78 is 40.1. The van der Waals surface area contributed by atoms with E-state index < -0.39 is 21.4 Å². The van der Waals surface area contributed by atoms with Crippen molar-refractivity contribution in [2.45, 2.75) is 24.3 Å². The van der Waals surface area contributed by atoms with Crippen molar-refractivity contribution in [1.82, 2.24) is 9.62 Å². The van der Waals surface area contributed by atoms with Crippen LogP contribution in [0.5, 0.6) is 0 Å². The van der Waals surface area contributed by atoms with Gasteiger partial charge in [-0.15, -0.1) is 0 Å². The average Bonchev–Trinajstić information content (AvgIpc) is 2.31. The van der Waals surface area contributed by atoms with Crippen LogP contribution < -0.4 is 10.5 Å². The number of sulfonamides is 1. The van der Waals surface area contributed by atoms with Gasteiger partial charge in [-0.25, -0.2) is 17.5 Å². The number of nitrogens with zero attached hydrogens (tertiary/aromatic N) is 1. The van der Waals surface area contributed by atoms with Gasteiger partial charge in [0, 0.05) is 24.3 Å². The lowest BCUT2D eigenvalue weighted by Gasteiger charge is -2.27. The van der Waals surface area contributed by atoms with E-state index in [4.69, 9.17) is 5.73 Å². The third-order valence-electron chi connectivity index (χ3n) is 2.97. The molecular weight excluding hydrogens is 297 g/mol. The highest BCUT2D eigenvalue weighted by Crippen LogP contribution is 2.21. The Bertz CT molecular complexity index is 592. The maximum Gasteiger partial charge on any atom is 0.240 e. The van der Waals surface area contributed by atoms with Gasteiger partial charge in [-0.3, -0.25) is 0 Å². The molecule has 21 heavy (non-hydrogen) atoms. The highest BCUT2D eigenvalue weighted by molar-refractivity contribution is 7.89. The Morgan fingerprint density at radius 2 is 2.00 bits per heavy atom. The van der Waals surface area contributed by atoms with Crippen molar-refractivity contribution in [2.24, 2.45) is 0 Å². The highest BCUT2D eigenvalue weighted by Gasteiger charge is 2.25. The van der Waals surface area contributed by atoms with E-state index in [2.05, 4.69) is 4.72 Å². The number of nitrogens with one attached hydrogen (secondary N) is 1. The molecule has 0 fully saturated rings. The molecule has 1 aromatic rings. The molecular formula is C13H22FN3O3S. The van der Waals surface area contributed by atoms with E-state index in [-0.39, 0.29) is 29.2 Å². The van der Waals surface area contributed by atoms with Crippen molar-refractivity contribution in [3.63, 3.8) is 0 Å². The first-order valence-electron chi connectivity index (χ1n) is 6.37. The second-order valence-corrected chi connectivity index (χ2v) is 7.45. The van der Waals surface area contributed by atoms with Crippen molar-refractivity contribution >= 4 is 15.7 Å². The number of benzene rings is 1. The fourth-order valence-electron chi connectivity index (χ4n) is 1.90. The van der Waals surface area contributed by atoms with Gasteiger partial charge >= 0.3 is 0 Å². The minimum Gasteiger partial charge on any atom is -0.398 e. The number of rotatable bonds is 6. The van der Waals surface area contributed by atoms with Gasteiger partial charge in [0.15, 0.2) is 0 Å². The molecule has 0 bridgehead atoms. The number of hydrogen-bond donors (Lipinski definition) is 3. The van der Waals surface area contributed by atoms with Crippen LogP contribution in [0.25, 0.3) is 0 Å². The van der Waals surface area contributed by atoms with Crippen LogP contribution in [0.2, 0.25) is 0 Å². The molecule has 0 heterocycles. The number of aliphatic hydroxyl groups is 1. The van der Waals surface area contributed by atoms with Crippen molar-refractivity contribution in [3.05, 3.63) is 23.5 Å². The predicted molar refractivity (Wildman–Crippen MR) is 79.9 cm³/mol. The van der Waals surface area contributed by atoms with Crippen LogP contribution >= 0.6 is 0 Å². The van der Waals surface area contributed by atoms with Crippen molar-refractivity contribution in [3.8, 4) is 0 Å². The Kier molecular flexibility index (Phi) is 5.32. The minimum atomic E-state index is -3.94. The van der Waals surface area contributed by atoms with E-state index in [1.54, 1.807) is 19.0 Å². The molecule has 0 spiro atoms. The molecule has 1 rings (SSSR count). The summed E-state index contributed by atoms with van der Waals surface area (Å²) in [6, 6.07) is 2.11. The molecule has 0 aromatic heterocycles. The first kappa shape index (κ1) is 17.8. The molecule has 0 aliphatic rings. The Hall–Kier alpha value is -1.22. The first-order valence-corrected chi connectivity index (χ1v) is 7.85. The van der Waals surface area contributed by atoms with Crippen LogP contribution in [0.15, 0.2) is 17.0 Å². The highest BCUT2D eigenvalue weighted by atomic mass is 32.2. The van der Waals surface area contributed by atoms with Gasteiger partial charge in [0.1, 0.15) is 5.82 Å². The minimum absolute atomic E-state index is 0.0652. The molecule has 0 aliphatic heterocycles. The smallest absolute Gasteiger partial charge is 0.240 e. The van der Waals surface area contributed by atoms with Crippen LogP contribution in [-0.2, 0) is 10.0 Å². The molecule has 8 heteroatoms. The summed E-state index contributed by atoms with van der Waals surface area (Å²) in [6.45, 7) is 3.07. The van der Waals surface area contributed by atoms with E-state index in [1.165, 1.54) is 19.9 Å². The SMILES string of the molecule is Cc1c(N)cc(S(=O)(=O)NCC(C)(O)CN(C)C)cc1F. The van der Waals surface area contributed by atoms with Gasteiger partial charge in [0.25, 0.3) is 0 Å². The summed E-state index contributed by atoms with van der Waals surface area (Å²) in [4.78, 5) is 1.47. The standard InChI is InChI=1S/C13H22FN3O3S/c1-9-11(14)5-10(6-12(9)15)21(19,20)16-7-13(2,18)8-17(3)4/h5-6,16,18H,7-8,15H2,1-4H3. The third-order valence-corrected chi connectivity index (χ3v) is 4.35. The van der Waals surface area contributed by atoms with Crippen LogP contribution in [0.3, 0.4) is 0 Å². The average molecular weight is 319 g/mol. The zero-order valence-electron chi connectivity index (χ0n) is 12.6. The predicted octanol–water partition coefficient (Wildman–Crippen LogP) is 0.307. The summed E-state index contributed by atoms with van der Waals surface area (Å²) in [6.07, 6.45) is 0. The summed E-state index contributed by atoms with van der Waals surface area (Å²) in [5.41, 5.74) is 4.60. The maximum atomic E-state index is 13.6. The van der Waals surface area contributed by atoms with Crippen LogP contribution in [0.1, 0.15) is 12.5 Å². The van der Waals surface area contributed by atoms with E-state index in [1.807, 2.05) is 0 Å². The summed E-state index contributed by atoms with van der Waals surface area (Å²) in [5.74, 6) is -0.685. The van der Waals surface area contributed by atoms with Crippen molar-refractivity contribution in [2.75, 3.05) is 32.9 Å². The zero-order chi connectivity index (χ0) is 16.4. The van der Waals surface area contributed by atoms with Gasteiger partial charge in [0.05, 0.1) is 10.5 Å². The number of nitrogen functional groups attached to an aromatic ring is 1. The number of nitrogens with two attached hydrogens (primary N) is 1. The van der Waals surface area contributed by atoms with Gasteiger partial charge in [-0.05, 0) is 40.1 Å². The van der Waals surface area contributed by atoms with Gasteiger partial charge < -0.3 is 15.7 Å². The zero-order valence-corrected chi connectivity index (χ0v) is 13.5. The molecule has 0 saturated heterocycles. The Balaban J connectivity index is 2.93. The molecule has 0 saturated carbocycles. The third kappa shape index (κ3) is 4.92. The number of anilines is 1. The lowest BCUT2D eigenvalue weighted by molar-refractivity contribution is 0.0386. The van der Waals surface area contributed by atoms with E-state index in [0.29, 0.717) is 0 Å². The summed E-state index contributed by atoms with van der Waals surface area (Å²) >= 11 is 0. The largest absolute Gasteiger partial charge is 0.398 e. The van der Waals surface area contributed by atoms with Crippen molar-refractivity contribution < 1.29 is 17.9 Å². The van der Waals surface area contributed by atoms with Gasteiger partial charge in [-0.2, -0.15) is 0 Å². The molecule has 120 valence electrons. The molecule has 1 unspecified atom stereocenters.